The van der Waals surface area contributed by atoms with Crippen LogP contribution in [-0.2, 0) is 0 Å². The molecule has 0 aromatic carbocycles. The van der Waals surface area contributed by atoms with Gasteiger partial charge in [-0.25, -0.2) is 0 Å². The number of hydrogen-bond donors (Lipinski definition) is 1. The molecular formula is C22H33N3OS. The van der Waals surface area contributed by atoms with E-state index in [1.165, 1.54) is 5.57 Å². The number of carbonyl (C=O) groups is 1. The SMILES string of the molecule is C=C(CNC(=O)c1ccc(C(=C)C)nc1)S/C=C(\C)C(C)(C)C.CC=NC. The van der Waals surface area contributed by atoms with Gasteiger partial charge in [0.2, 0.25) is 0 Å². The van der Waals surface area contributed by atoms with Gasteiger partial charge < -0.3 is 10.3 Å². The summed E-state index contributed by atoms with van der Waals surface area (Å²) in [6.45, 7) is 20.6. The molecule has 0 atom stereocenters. The zero-order valence-electron chi connectivity index (χ0n) is 17.7. The summed E-state index contributed by atoms with van der Waals surface area (Å²) in [5.41, 5.74) is 3.64. The van der Waals surface area contributed by atoms with Crippen molar-refractivity contribution >= 4 is 29.5 Å². The fraction of sp³-hybridized carbons (Fsp3) is 0.409. The maximum absolute atomic E-state index is 12.1. The Labute approximate surface area is 169 Å². The van der Waals surface area contributed by atoms with Crippen molar-refractivity contribution in [3.8, 4) is 0 Å². The molecule has 0 saturated heterocycles. The molecule has 27 heavy (non-hydrogen) atoms. The maximum atomic E-state index is 12.1. The molecule has 5 heteroatoms. The Morgan fingerprint density at radius 2 is 1.89 bits per heavy atom. The van der Waals surface area contributed by atoms with E-state index in [1.54, 1.807) is 43.4 Å². The first-order chi connectivity index (χ1) is 12.5. The third-order valence-electron chi connectivity index (χ3n) is 3.75. The third-order valence-corrected chi connectivity index (χ3v) is 4.70. The normalized spacial score (nSPS) is 11.6. The highest BCUT2D eigenvalue weighted by Gasteiger charge is 2.12. The van der Waals surface area contributed by atoms with E-state index in [0.717, 1.165) is 16.2 Å². The number of carbonyl (C=O) groups excluding carboxylic acids is 1. The number of allylic oxidation sites excluding steroid dienone is 2. The molecule has 0 fully saturated rings. The molecule has 0 spiro atoms. The van der Waals surface area contributed by atoms with Crippen LogP contribution in [0.25, 0.3) is 5.57 Å². The summed E-state index contributed by atoms with van der Waals surface area (Å²) in [6.07, 6.45) is 3.32. The smallest absolute Gasteiger partial charge is 0.253 e. The third kappa shape index (κ3) is 10.6. The molecule has 0 unspecified atom stereocenters. The first-order valence-electron chi connectivity index (χ1n) is 8.81. The van der Waals surface area contributed by atoms with Gasteiger partial charge in [0.15, 0.2) is 0 Å². The number of pyridine rings is 1. The summed E-state index contributed by atoms with van der Waals surface area (Å²) in [7, 11) is 1.75. The van der Waals surface area contributed by atoms with E-state index in [9.17, 15) is 4.79 Å². The van der Waals surface area contributed by atoms with Gasteiger partial charge in [0, 0.05) is 24.7 Å². The molecule has 0 saturated carbocycles. The Morgan fingerprint density at radius 1 is 1.30 bits per heavy atom. The lowest BCUT2D eigenvalue weighted by atomic mass is 9.89. The first kappa shape index (κ1) is 24.9. The zero-order valence-corrected chi connectivity index (χ0v) is 18.5. The number of thioether (sulfide) groups is 1. The lowest BCUT2D eigenvalue weighted by Gasteiger charge is -2.19. The van der Waals surface area contributed by atoms with Crippen LogP contribution < -0.4 is 5.32 Å². The van der Waals surface area contributed by atoms with Crippen LogP contribution in [0.15, 0.2) is 52.4 Å². The van der Waals surface area contributed by atoms with E-state index < -0.39 is 0 Å². The van der Waals surface area contributed by atoms with Crippen LogP contribution in [0.4, 0.5) is 0 Å². The summed E-state index contributed by atoms with van der Waals surface area (Å²) in [5, 5.41) is 4.95. The van der Waals surface area contributed by atoms with Crippen molar-refractivity contribution in [2.75, 3.05) is 13.6 Å². The second-order valence-corrected chi connectivity index (χ2v) is 8.17. The van der Waals surface area contributed by atoms with Crippen molar-refractivity contribution in [2.24, 2.45) is 10.4 Å². The van der Waals surface area contributed by atoms with Crippen LogP contribution in [0.3, 0.4) is 0 Å². The molecular weight excluding hydrogens is 354 g/mol. The van der Waals surface area contributed by atoms with Crippen LogP contribution >= 0.6 is 11.8 Å². The van der Waals surface area contributed by atoms with Gasteiger partial charge in [-0.15, -0.1) is 11.8 Å². The number of nitrogens with zero attached hydrogens (tertiary/aromatic N) is 2. The fourth-order valence-electron chi connectivity index (χ4n) is 1.45. The molecule has 1 aromatic heterocycles. The molecule has 1 aromatic rings. The molecule has 0 bridgehead atoms. The molecule has 4 nitrogen and oxygen atoms in total. The van der Waals surface area contributed by atoms with Gasteiger partial charge in [0.1, 0.15) is 0 Å². The van der Waals surface area contributed by atoms with E-state index in [4.69, 9.17) is 0 Å². The molecule has 1 N–H and O–H groups in total. The largest absolute Gasteiger partial charge is 0.347 e. The number of amides is 1. The van der Waals surface area contributed by atoms with Crippen molar-refractivity contribution in [2.45, 2.75) is 41.5 Å². The van der Waals surface area contributed by atoms with E-state index in [0.29, 0.717) is 12.1 Å². The Morgan fingerprint density at radius 3 is 2.30 bits per heavy atom. The van der Waals surface area contributed by atoms with Gasteiger partial charge in [-0.2, -0.15) is 0 Å². The quantitative estimate of drug-likeness (QED) is 0.632. The minimum Gasteiger partial charge on any atom is -0.347 e. The Hall–Kier alpha value is -2.14. The van der Waals surface area contributed by atoms with Crippen LogP contribution in [0.2, 0.25) is 0 Å². The van der Waals surface area contributed by atoms with E-state index in [2.05, 4.69) is 61.6 Å². The second kappa shape index (κ2) is 12.3. The minimum atomic E-state index is -0.149. The van der Waals surface area contributed by atoms with Gasteiger partial charge in [-0.1, -0.05) is 39.5 Å². The number of rotatable bonds is 6. The van der Waals surface area contributed by atoms with Crippen molar-refractivity contribution in [1.29, 1.82) is 0 Å². The summed E-state index contributed by atoms with van der Waals surface area (Å²) in [4.78, 5) is 20.8. The lowest BCUT2D eigenvalue weighted by molar-refractivity contribution is 0.0957. The second-order valence-electron chi connectivity index (χ2n) is 7.12. The van der Waals surface area contributed by atoms with Crippen molar-refractivity contribution in [3.63, 3.8) is 0 Å². The Balaban J connectivity index is 0.00000153. The molecule has 1 heterocycles. The van der Waals surface area contributed by atoms with E-state index in [-0.39, 0.29) is 11.3 Å². The van der Waals surface area contributed by atoms with Gasteiger partial charge in [-0.3, -0.25) is 9.78 Å². The van der Waals surface area contributed by atoms with Gasteiger partial charge in [0.05, 0.1) is 11.3 Å². The van der Waals surface area contributed by atoms with Crippen molar-refractivity contribution in [3.05, 3.63) is 58.6 Å². The molecule has 0 aliphatic heterocycles. The number of aromatic nitrogens is 1. The molecule has 1 amide bonds. The standard InChI is InChI=1S/C19H26N2OS.C3H7N/c1-13(2)17-9-8-16(11-20-17)18(22)21-10-15(4)23-12-14(3)19(5,6)7;1-3-4-2/h8-9,11-12H,1,4,10H2,2-3,5-7H3,(H,21,22);3H,1-2H3/b14-12+;. The minimum absolute atomic E-state index is 0.146. The molecule has 148 valence electrons. The van der Waals surface area contributed by atoms with Crippen LogP contribution in [-0.4, -0.2) is 30.7 Å². The summed E-state index contributed by atoms with van der Waals surface area (Å²) >= 11 is 1.56. The molecule has 0 aliphatic carbocycles. The summed E-state index contributed by atoms with van der Waals surface area (Å²) < 4.78 is 0. The predicted molar refractivity (Wildman–Crippen MR) is 121 cm³/mol. The highest BCUT2D eigenvalue weighted by atomic mass is 32.2. The van der Waals surface area contributed by atoms with Crippen LogP contribution in [0, 0.1) is 5.41 Å². The van der Waals surface area contributed by atoms with E-state index in [1.807, 2.05) is 13.8 Å². The van der Waals surface area contributed by atoms with Gasteiger partial charge >= 0.3 is 0 Å². The van der Waals surface area contributed by atoms with Crippen molar-refractivity contribution < 1.29 is 4.79 Å². The maximum Gasteiger partial charge on any atom is 0.253 e. The molecule has 0 radical (unpaired) electrons. The molecule has 1 rings (SSSR count). The number of aliphatic imine (C=N–C) groups is 1. The molecule has 0 aliphatic rings. The topological polar surface area (TPSA) is 54.4 Å². The Kier molecular flexibility index (Phi) is 11.3. The van der Waals surface area contributed by atoms with Crippen LogP contribution in [0.5, 0.6) is 0 Å². The van der Waals surface area contributed by atoms with Crippen molar-refractivity contribution in [1.82, 2.24) is 10.3 Å². The highest BCUT2D eigenvalue weighted by molar-refractivity contribution is 8.05. The first-order valence-corrected chi connectivity index (χ1v) is 9.69. The Bertz CT molecular complexity index is 691. The average Bonchev–Trinajstić information content (AvgIpc) is 2.63. The predicted octanol–water partition coefficient (Wildman–Crippen LogP) is 5.75. The highest BCUT2D eigenvalue weighted by Crippen LogP contribution is 2.28. The lowest BCUT2D eigenvalue weighted by Crippen LogP contribution is -2.24. The number of nitrogens with one attached hydrogen (secondary N) is 1. The average molecular weight is 388 g/mol. The fourth-order valence-corrected chi connectivity index (χ4v) is 2.30. The van der Waals surface area contributed by atoms with Gasteiger partial charge in [0.25, 0.3) is 5.91 Å². The summed E-state index contributed by atoms with van der Waals surface area (Å²) in [6, 6.07) is 3.56. The number of hydrogen-bond acceptors (Lipinski definition) is 4. The zero-order chi connectivity index (χ0) is 21.0. The van der Waals surface area contributed by atoms with E-state index >= 15 is 0 Å². The monoisotopic (exact) mass is 387 g/mol. The van der Waals surface area contributed by atoms with Gasteiger partial charge in [-0.05, 0) is 55.5 Å². The summed E-state index contributed by atoms with van der Waals surface area (Å²) in [5.74, 6) is -0.149. The van der Waals surface area contributed by atoms with Crippen LogP contribution in [0.1, 0.15) is 57.6 Å².